The average Bonchev–Trinajstić information content (AvgIpc) is 3.68. The predicted octanol–water partition coefficient (Wildman–Crippen LogP) is 3.71. The smallest absolute Gasteiger partial charge is 0.368 e. The van der Waals surface area contributed by atoms with Crippen molar-refractivity contribution in [2.75, 3.05) is 38.0 Å². The molecular weight excluding hydrogens is 492 g/mol. The van der Waals surface area contributed by atoms with Crippen LogP contribution in [0.5, 0.6) is 0 Å². The lowest BCUT2D eigenvalue weighted by molar-refractivity contribution is -0.182. The maximum absolute atomic E-state index is 14.1. The van der Waals surface area contributed by atoms with Gasteiger partial charge in [0.15, 0.2) is 11.5 Å². The summed E-state index contributed by atoms with van der Waals surface area (Å²) < 4.78 is 53.4. The first-order valence-corrected chi connectivity index (χ1v) is 12.9. The highest BCUT2D eigenvalue weighted by atomic mass is 19.4. The number of carbonyl (C=O) groups is 1. The summed E-state index contributed by atoms with van der Waals surface area (Å²) in [4.78, 5) is 29.5. The van der Waals surface area contributed by atoms with Crippen molar-refractivity contribution in [1.82, 2.24) is 34.9 Å². The van der Waals surface area contributed by atoms with E-state index in [0.29, 0.717) is 31.7 Å². The molecule has 1 spiro atoms. The van der Waals surface area contributed by atoms with Gasteiger partial charge in [0.25, 0.3) is 0 Å². The Kier molecular flexibility index (Phi) is 4.71. The van der Waals surface area contributed by atoms with Crippen molar-refractivity contribution in [2.24, 2.45) is 10.8 Å². The van der Waals surface area contributed by atoms with E-state index < -0.39 is 17.3 Å². The van der Waals surface area contributed by atoms with E-state index in [0.717, 1.165) is 37.4 Å². The van der Waals surface area contributed by atoms with Crippen LogP contribution in [0.3, 0.4) is 0 Å². The number of halogens is 4. The Labute approximate surface area is 210 Å². The molecule has 13 heteroatoms. The third-order valence-corrected chi connectivity index (χ3v) is 8.97. The zero-order valence-corrected chi connectivity index (χ0v) is 20.2. The number of anilines is 1. The highest BCUT2D eigenvalue weighted by Crippen LogP contribution is 2.58. The summed E-state index contributed by atoms with van der Waals surface area (Å²) in [6.45, 7) is 2.35. The highest BCUT2D eigenvalue weighted by molar-refractivity contribution is 5.77. The van der Waals surface area contributed by atoms with Crippen LogP contribution in [-0.4, -0.2) is 79.9 Å². The van der Waals surface area contributed by atoms with E-state index >= 15 is 0 Å². The summed E-state index contributed by atoms with van der Waals surface area (Å²) in [5.41, 5.74) is -2.09. The second kappa shape index (κ2) is 7.53. The minimum Gasteiger partial charge on any atom is -0.368 e. The molecule has 0 unspecified atom stereocenters. The number of nitrogens with one attached hydrogen (secondary N) is 2. The maximum atomic E-state index is 14.1. The monoisotopic (exact) mass is 520 g/mol. The van der Waals surface area contributed by atoms with Crippen LogP contribution in [0.25, 0.3) is 0 Å². The third kappa shape index (κ3) is 3.83. The van der Waals surface area contributed by atoms with Crippen LogP contribution < -0.4 is 5.32 Å². The lowest BCUT2D eigenvalue weighted by Gasteiger charge is -2.59. The van der Waals surface area contributed by atoms with Crippen LogP contribution in [0.1, 0.15) is 67.7 Å². The lowest BCUT2D eigenvalue weighted by atomic mass is 9.57. The molecular formula is C24H28F4N8O. The maximum Gasteiger partial charge on any atom is 0.396 e. The Morgan fingerprint density at radius 3 is 2.38 bits per heavy atom. The molecule has 3 saturated carbocycles. The van der Waals surface area contributed by atoms with Crippen LogP contribution in [0.2, 0.25) is 0 Å². The molecule has 0 atom stereocenters. The van der Waals surface area contributed by atoms with Crippen molar-refractivity contribution in [3.63, 3.8) is 0 Å². The number of nitrogens with zero attached hydrogens (tertiary/aromatic N) is 6. The first-order chi connectivity index (χ1) is 17.6. The summed E-state index contributed by atoms with van der Waals surface area (Å²) in [7, 11) is 0. The van der Waals surface area contributed by atoms with Gasteiger partial charge in [0.05, 0.1) is 23.5 Å². The number of alkyl halides is 4. The summed E-state index contributed by atoms with van der Waals surface area (Å²) in [6.07, 6.45) is 1.96. The van der Waals surface area contributed by atoms with Crippen LogP contribution in [-0.2, 0) is 5.67 Å². The highest BCUT2D eigenvalue weighted by Gasteiger charge is 2.63. The van der Waals surface area contributed by atoms with Crippen LogP contribution in [0.4, 0.5) is 28.2 Å². The number of rotatable bonds is 6. The van der Waals surface area contributed by atoms with Gasteiger partial charge < -0.3 is 15.1 Å². The fourth-order valence-electron chi connectivity index (χ4n) is 5.96. The second-order valence-electron chi connectivity index (χ2n) is 11.8. The Hall–Kier alpha value is -2.99. The van der Waals surface area contributed by atoms with E-state index in [9.17, 15) is 22.4 Å². The minimum atomic E-state index is -4.21. The minimum absolute atomic E-state index is 0.0218. The molecule has 0 bridgehead atoms. The Bertz CT molecular complexity index is 1200. The average molecular weight is 521 g/mol. The summed E-state index contributed by atoms with van der Waals surface area (Å²) >= 11 is 0. The molecule has 0 aromatic carbocycles. The lowest BCUT2D eigenvalue weighted by Crippen LogP contribution is -2.67. The summed E-state index contributed by atoms with van der Waals surface area (Å²) in [5.74, 6) is 1.69. The number of H-pyrrole nitrogens is 1. The van der Waals surface area contributed by atoms with E-state index in [1.54, 1.807) is 11.1 Å². The molecule has 9 nitrogen and oxygen atoms in total. The van der Waals surface area contributed by atoms with Crippen molar-refractivity contribution in [2.45, 2.75) is 62.2 Å². The first-order valence-electron chi connectivity index (χ1n) is 12.9. The fraction of sp³-hybridized carbons (Fsp3) is 0.708. The van der Waals surface area contributed by atoms with Gasteiger partial charge in [0, 0.05) is 50.0 Å². The van der Waals surface area contributed by atoms with E-state index in [1.165, 1.54) is 6.20 Å². The number of hydrogen-bond donors (Lipinski definition) is 2. The quantitative estimate of drug-likeness (QED) is 0.563. The number of urea groups is 1. The van der Waals surface area contributed by atoms with E-state index in [4.69, 9.17) is 0 Å². The van der Waals surface area contributed by atoms with Crippen molar-refractivity contribution in [3.05, 3.63) is 29.7 Å². The normalized spacial score (nSPS) is 25.3. The van der Waals surface area contributed by atoms with Gasteiger partial charge >= 0.3 is 12.2 Å². The van der Waals surface area contributed by atoms with Crippen LogP contribution >= 0.6 is 0 Å². The van der Waals surface area contributed by atoms with E-state index in [1.807, 2.05) is 4.90 Å². The number of hydrogen-bond acceptors (Lipinski definition) is 6. The SMILES string of the molecule is O=C(N1CC(c2cnc(NCC3(C(F)(F)F)CC3)cn2)C1)N1CC2(CC(c3nc(C4(F)CC4)n[nH]3)C2)C1. The number of carbonyl (C=O) groups excluding carboxylic acids is 1. The summed E-state index contributed by atoms with van der Waals surface area (Å²) in [5, 5.41) is 9.73. The molecule has 37 heavy (non-hydrogen) atoms. The molecule has 2 amide bonds. The first kappa shape index (κ1) is 23.2. The third-order valence-electron chi connectivity index (χ3n) is 8.97. The molecule has 2 aromatic rings. The molecule has 7 rings (SSSR count). The van der Waals surface area contributed by atoms with E-state index in [2.05, 4.69) is 30.5 Å². The predicted molar refractivity (Wildman–Crippen MR) is 122 cm³/mol. The zero-order chi connectivity index (χ0) is 25.6. The number of amides is 2. The van der Waals surface area contributed by atoms with Gasteiger partial charge in [-0.1, -0.05) is 0 Å². The van der Waals surface area contributed by atoms with Gasteiger partial charge in [-0.05, 0) is 38.5 Å². The van der Waals surface area contributed by atoms with Gasteiger partial charge in [-0.3, -0.25) is 10.1 Å². The standard InChI is InChI=1S/C24H28F4N8O/c25-23(3-4-23)19-32-18(33-34-19)14-5-21(6-14)12-36(13-21)20(37)35-9-15(10-35)16-7-30-17(8-29-16)31-11-22(1-2-22)24(26,27)28/h7-8,14-15H,1-6,9-13H2,(H,30,31)(H,32,33,34). The van der Waals surface area contributed by atoms with Crippen molar-refractivity contribution >= 4 is 11.8 Å². The Morgan fingerprint density at radius 2 is 1.78 bits per heavy atom. The van der Waals surface area contributed by atoms with Gasteiger partial charge in [0.1, 0.15) is 11.6 Å². The van der Waals surface area contributed by atoms with Crippen molar-refractivity contribution in [3.8, 4) is 0 Å². The molecule has 2 N–H and O–H groups in total. The van der Waals surface area contributed by atoms with Crippen LogP contribution in [0, 0.1) is 10.8 Å². The molecule has 2 saturated heterocycles. The Morgan fingerprint density at radius 1 is 1.05 bits per heavy atom. The molecule has 0 radical (unpaired) electrons. The molecule has 3 aliphatic carbocycles. The number of likely N-dealkylation sites (tertiary alicyclic amines) is 2. The molecule has 5 aliphatic rings. The van der Waals surface area contributed by atoms with Crippen molar-refractivity contribution < 1.29 is 22.4 Å². The van der Waals surface area contributed by atoms with Gasteiger partial charge in [-0.15, -0.1) is 0 Å². The van der Waals surface area contributed by atoms with Crippen molar-refractivity contribution in [1.29, 1.82) is 0 Å². The molecule has 5 fully saturated rings. The largest absolute Gasteiger partial charge is 0.396 e. The van der Waals surface area contributed by atoms with Crippen LogP contribution in [0.15, 0.2) is 12.4 Å². The van der Waals surface area contributed by atoms with Gasteiger partial charge in [-0.2, -0.15) is 18.3 Å². The van der Waals surface area contributed by atoms with Gasteiger partial charge in [0.2, 0.25) is 0 Å². The number of aromatic nitrogens is 5. The zero-order valence-electron chi connectivity index (χ0n) is 20.2. The number of aromatic amines is 1. The molecule has 4 heterocycles. The summed E-state index contributed by atoms with van der Waals surface area (Å²) in [6, 6.07) is 0.0218. The van der Waals surface area contributed by atoms with Gasteiger partial charge in [-0.25, -0.2) is 19.2 Å². The molecule has 2 aromatic heterocycles. The molecule has 198 valence electrons. The second-order valence-corrected chi connectivity index (χ2v) is 11.8. The fourth-order valence-corrected chi connectivity index (χ4v) is 5.96. The topological polar surface area (TPSA) is 103 Å². The van der Waals surface area contributed by atoms with E-state index in [-0.39, 0.29) is 48.5 Å². The molecule has 2 aliphatic heterocycles. The Balaban J connectivity index is 0.852.